The molecule has 5 nitrogen and oxygen atoms in total. The Morgan fingerprint density at radius 3 is 1.14 bits per heavy atom. The largest absolute Gasteiger partial charge is 2.00 e. The van der Waals surface area contributed by atoms with Crippen LogP contribution in [0, 0.1) is 0 Å². The van der Waals surface area contributed by atoms with Crippen molar-refractivity contribution in [2.75, 3.05) is 0 Å². The average molecular weight is 253 g/mol. The van der Waals surface area contributed by atoms with Crippen molar-refractivity contribution in [2.24, 2.45) is 0 Å². The summed E-state index contributed by atoms with van der Waals surface area (Å²) in [5.41, 5.74) is 0. The molecule has 0 aromatic rings. The molecule has 0 atom stereocenters. The Balaban J connectivity index is -0.0000000800. The molecule has 0 spiro atoms. The van der Waals surface area contributed by atoms with E-state index < -0.39 is 14.5 Å². The van der Waals surface area contributed by atoms with Crippen LogP contribution < -0.4 is 18.4 Å². The van der Waals surface area contributed by atoms with Crippen LogP contribution in [0.15, 0.2) is 0 Å². The molecule has 7 heteroatoms. The molecule has 0 radical (unpaired) electrons. The minimum atomic E-state index is -5.88. The minimum absolute atomic E-state index is 0. The van der Waals surface area contributed by atoms with E-state index >= 15 is 0 Å². The van der Waals surface area contributed by atoms with Gasteiger partial charge >= 0.3 is 51.6 Å². The summed E-state index contributed by atoms with van der Waals surface area (Å²) < 4.78 is 34.4. The number of rotatable bonds is 0. The molecule has 0 aromatic heterocycles. The Labute approximate surface area is 57.9 Å². The Kier molecular flexibility index (Phi) is 11.3. The zero-order valence-corrected chi connectivity index (χ0v) is 7.37. The van der Waals surface area contributed by atoms with E-state index in [0.29, 0.717) is 0 Å². The van der Waals surface area contributed by atoms with E-state index in [4.69, 9.17) is 16.0 Å². The van der Waals surface area contributed by atoms with Crippen molar-refractivity contribution in [1.29, 1.82) is 0 Å². The van der Waals surface area contributed by atoms with E-state index in [2.05, 4.69) is 0 Å². The first kappa shape index (κ1) is 15.7. The summed E-state index contributed by atoms with van der Waals surface area (Å²) in [6.45, 7) is 0. The fourth-order valence-electron chi connectivity index (χ4n) is 0. The molecule has 0 heterocycles. The van der Waals surface area contributed by atoms with Gasteiger partial charge in [-0.15, -0.1) is 0 Å². The molecule has 7 heavy (non-hydrogen) atoms. The average Bonchev–Trinajstić information content (AvgIpc) is 0.722. The topological polar surface area (TPSA) is 123 Å². The van der Waals surface area contributed by atoms with Gasteiger partial charge in [0.05, 0.1) is 0 Å². The van der Waals surface area contributed by atoms with E-state index in [9.17, 15) is 0 Å². The van der Waals surface area contributed by atoms with Gasteiger partial charge in [-0.2, -0.15) is 0 Å². The van der Waals surface area contributed by atoms with Gasteiger partial charge in [-0.05, 0) is 0 Å². The minimum Gasteiger partial charge on any atom is -0.369 e. The summed E-state index contributed by atoms with van der Waals surface area (Å²) >= 11 is -5.88. The van der Waals surface area contributed by atoms with E-state index in [0.717, 1.165) is 0 Å². The third-order valence-electron chi connectivity index (χ3n) is 0. The smallest absolute Gasteiger partial charge is 0.369 e. The maximum absolute atomic E-state index is 8.61. The Morgan fingerprint density at radius 1 is 1.14 bits per heavy atom. The van der Waals surface area contributed by atoms with Crippen molar-refractivity contribution >= 4 is 14.5 Å². The Morgan fingerprint density at radius 2 is 1.14 bits per heavy atom. The predicted molar refractivity (Wildman–Crippen MR) is 12.4 cm³/mol. The van der Waals surface area contributed by atoms with Crippen LogP contribution >= 0.6 is 0 Å². The molecule has 0 fully saturated rings. The monoisotopic (exact) mass is 255 g/mol. The van der Waals surface area contributed by atoms with Crippen LogP contribution in [0.25, 0.3) is 0 Å². The van der Waals surface area contributed by atoms with Crippen molar-refractivity contribution < 1.29 is 37.1 Å². The van der Waals surface area contributed by atoms with E-state index in [1.807, 2.05) is 0 Å². The molecular formula is H4AsMoNO4. The summed E-state index contributed by atoms with van der Waals surface area (Å²) in [6.07, 6.45) is 0. The van der Waals surface area contributed by atoms with Crippen molar-refractivity contribution in [2.45, 2.75) is 0 Å². The van der Waals surface area contributed by atoms with Gasteiger partial charge in [0.1, 0.15) is 0 Å². The quantitative estimate of drug-likeness (QED) is 0.446. The van der Waals surface area contributed by atoms with Crippen LogP contribution in [0.5, 0.6) is 0 Å². The maximum atomic E-state index is 8.61. The van der Waals surface area contributed by atoms with Crippen LogP contribution in [0.4, 0.5) is 0 Å². The van der Waals surface area contributed by atoms with Gasteiger partial charge in [0.25, 0.3) is 0 Å². The fraction of sp³-hybridized carbons (Fsp3) is 0. The summed E-state index contributed by atoms with van der Waals surface area (Å²) in [7, 11) is 0. The first-order valence-corrected chi connectivity index (χ1v) is 3.79. The second-order valence-corrected chi connectivity index (χ2v) is 2.32. The van der Waals surface area contributed by atoms with Gasteiger partial charge in [0.2, 0.25) is 0 Å². The van der Waals surface area contributed by atoms with Gasteiger partial charge < -0.3 is 6.15 Å². The van der Waals surface area contributed by atoms with E-state index in [1.54, 1.807) is 0 Å². The summed E-state index contributed by atoms with van der Waals surface area (Å²) in [5, 5.41) is 0. The zero-order valence-electron chi connectivity index (χ0n) is 3.49. The van der Waals surface area contributed by atoms with Crippen LogP contribution in [0.1, 0.15) is 0 Å². The molecule has 0 aliphatic rings. The van der Waals surface area contributed by atoms with Gasteiger partial charge in [0, 0.05) is 0 Å². The van der Waals surface area contributed by atoms with Crippen LogP contribution in [0.3, 0.4) is 0 Å². The van der Waals surface area contributed by atoms with Crippen LogP contribution in [-0.2, 0) is 24.8 Å². The predicted octanol–water partition coefficient (Wildman–Crippen LogP) is -3.69. The third kappa shape index (κ3) is 209. The molecule has 0 bridgehead atoms. The standard InChI is InChI=1S/AsH3O4.Mo.H3N/c2-1(3,4)5;;/h(H3,2,3,4,5);;1H3/q;+2;/p-2. The van der Waals surface area contributed by atoms with Crippen LogP contribution in [0.2, 0.25) is 0 Å². The summed E-state index contributed by atoms with van der Waals surface area (Å²) in [6, 6.07) is 0. The molecule has 44 valence electrons. The van der Waals surface area contributed by atoms with Gasteiger partial charge in [-0.3, -0.25) is 0 Å². The SMILES string of the molecule is O=[As]([O-])([O-])[O-].[Mo+2].[NH4+]. The molecule has 0 amide bonds. The molecular weight excluding hydrogens is 249 g/mol. The fourth-order valence-corrected chi connectivity index (χ4v) is 0. The summed E-state index contributed by atoms with van der Waals surface area (Å²) in [4.78, 5) is 0. The first-order valence-electron chi connectivity index (χ1n) is 0.730. The zero-order chi connectivity index (χ0) is 4.50. The van der Waals surface area contributed by atoms with Crippen molar-refractivity contribution in [1.82, 2.24) is 6.15 Å². The number of quaternary nitrogens is 1. The van der Waals surface area contributed by atoms with Gasteiger partial charge in [-0.25, -0.2) is 0 Å². The molecule has 0 unspecified atom stereocenters. The number of hydrogen-bond donors (Lipinski definition) is 1. The molecule has 0 aliphatic carbocycles. The Bertz CT molecular complexity index is 57.8. The molecule has 0 aromatic carbocycles. The van der Waals surface area contributed by atoms with Crippen molar-refractivity contribution in [3.63, 3.8) is 0 Å². The third-order valence-corrected chi connectivity index (χ3v) is 0. The molecule has 0 saturated carbocycles. The van der Waals surface area contributed by atoms with Gasteiger partial charge in [0.15, 0.2) is 0 Å². The molecule has 0 rings (SSSR count). The van der Waals surface area contributed by atoms with E-state index in [1.165, 1.54) is 0 Å². The second kappa shape index (κ2) is 5.03. The van der Waals surface area contributed by atoms with Gasteiger partial charge in [-0.1, -0.05) is 0 Å². The summed E-state index contributed by atoms with van der Waals surface area (Å²) in [5.74, 6) is 0. The Hall–Kier alpha value is 0.887. The molecule has 0 saturated heterocycles. The van der Waals surface area contributed by atoms with Crippen LogP contribution in [-0.4, -0.2) is 14.5 Å². The van der Waals surface area contributed by atoms with Crippen molar-refractivity contribution in [3.05, 3.63) is 0 Å². The van der Waals surface area contributed by atoms with E-state index in [-0.39, 0.29) is 27.2 Å². The normalized spacial score (nSPS) is 8.43. The van der Waals surface area contributed by atoms with Crippen molar-refractivity contribution in [3.8, 4) is 0 Å². The molecule has 0 aliphatic heterocycles. The first-order chi connectivity index (χ1) is 2.00. The number of hydrogen-bond acceptors (Lipinski definition) is 4. The second-order valence-electron chi connectivity index (χ2n) is 0.447. The maximum Gasteiger partial charge on any atom is 2.00 e. The molecule has 4 N–H and O–H groups in total.